The molecular formula is C16H19N3O2. The summed E-state index contributed by atoms with van der Waals surface area (Å²) in [5.74, 6) is 0.281. The van der Waals surface area contributed by atoms with Gasteiger partial charge in [0.2, 0.25) is 0 Å². The second-order valence-electron chi connectivity index (χ2n) is 5.89. The number of rotatable bonds is 1. The molecule has 0 radical (unpaired) electrons. The maximum Gasteiger partial charge on any atom is 0.255 e. The molecule has 5 nitrogen and oxygen atoms in total. The van der Waals surface area contributed by atoms with Gasteiger partial charge in [-0.2, -0.15) is 5.26 Å². The van der Waals surface area contributed by atoms with Gasteiger partial charge in [-0.1, -0.05) is 12.1 Å². The Morgan fingerprint density at radius 2 is 2.10 bits per heavy atom. The summed E-state index contributed by atoms with van der Waals surface area (Å²) in [6, 6.07) is 9.19. The Balaban J connectivity index is 1.92. The zero-order chi connectivity index (χ0) is 14.8. The van der Waals surface area contributed by atoms with Gasteiger partial charge in [0, 0.05) is 25.6 Å². The Hall–Kier alpha value is -1.90. The lowest BCUT2D eigenvalue weighted by Gasteiger charge is -2.30. The van der Waals surface area contributed by atoms with Crippen molar-refractivity contribution in [3.63, 3.8) is 0 Å². The predicted molar refractivity (Wildman–Crippen MR) is 77.8 cm³/mol. The predicted octanol–water partition coefficient (Wildman–Crippen LogP) is 0.961. The fraction of sp³-hybridized carbons (Fsp3) is 0.500. The third-order valence-electron chi connectivity index (χ3n) is 4.19. The van der Waals surface area contributed by atoms with Gasteiger partial charge in [-0.3, -0.25) is 4.79 Å². The Morgan fingerprint density at radius 1 is 1.29 bits per heavy atom. The second-order valence-corrected chi connectivity index (χ2v) is 5.89. The van der Waals surface area contributed by atoms with E-state index in [1.54, 1.807) is 24.3 Å². The fourth-order valence-corrected chi connectivity index (χ4v) is 3.25. The maximum atomic E-state index is 12.9. The van der Waals surface area contributed by atoms with E-state index in [-0.39, 0.29) is 11.9 Å². The average Bonchev–Trinajstić information content (AvgIpc) is 2.76. The van der Waals surface area contributed by atoms with Crippen LogP contribution in [0.15, 0.2) is 24.3 Å². The summed E-state index contributed by atoms with van der Waals surface area (Å²) < 4.78 is 5.70. The Bertz CT molecular complexity index is 581. The third-order valence-corrected chi connectivity index (χ3v) is 4.19. The number of carbonyl (C=O) groups is 1. The lowest BCUT2D eigenvalue weighted by atomic mass is 10.1. The van der Waals surface area contributed by atoms with Gasteiger partial charge >= 0.3 is 0 Å². The number of ether oxygens (including phenoxy) is 1. The number of nitriles is 1. The molecule has 3 rings (SSSR count). The highest BCUT2D eigenvalue weighted by Crippen LogP contribution is 2.22. The molecule has 1 aromatic rings. The van der Waals surface area contributed by atoms with Crippen LogP contribution >= 0.6 is 0 Å². The van der Waals surface area contributed by atoms with E-state index in [1.807, 2.05) is 4.90 Å². The number of nitrogens with zero attached hydrogens (tertiary/aromatic N) is 3. The van der Waals surface area contributed by atoms with E-state index in [1.165, 1.54) is 0 Å². The van der Waals surface area contributed by atoms with E-state index in [2.05, 4.69) is 18.0 Å². The van der Waals surface area contributed by atoms with E-state index in [0.717, 1.165) is 13.1 Å². The zero-order valence-electron chi connectivity index (χ0n) is 12.2. The summed E-state index contributed by atoms with van der Waals surface area (Å²) in [5.41, 5.74) is 0.936. The average molecular weight is 285 g/mol. The first kappa shape index (κ1) is 14.1. The Morgan fingerprint density at radius 3 is 2.90 bits per heavy atom. The normalized spacial score (nSPS) is 26.0. The molecule has 1 amide bonds. The summed E-state index contributed by atoms with van der Waals surface area (Å²) in [6.07, 6.45) is 0. The second kappa shape index (κ2) is 5.84. The van der Waals surface area contributed by atoms with Crippen molar-refractivity contribution in [2.75, 3.05) is 39.9 Å². The monoisotopic (exact) mass is 285 g/mol. The van der Waals surface area contributed by atoms with Crippen molar-refractivity contribution >= 4 is 5.91 Å². The molecule has 2 heterocycles. The van der Waals surface area contributed by atoms with Crippen molar-refractivity contribution in [1.29, 1.82) is 5.26 Å². The van der Waals surface area contributed by atoms with Crippen LogP contribution in [-0.4, -0.2) is 61.6 Å². The summed E-state index contributed by atoms with van der Waals surface area (Å²) >= 11 is 0. The quantitative estimate of drug-likeness (QED) is 0.771. The molecule has 2 aliphatic heterocycles. The van der Waals surface area contributed by atoms with E-state index < -0.39 is 0 Å². The first-order valence-electron chi connectivity index (χ1n) is 7.25. The molecular weight excluding hydrogens is 266 g/mol. The van der Waals surface area contributed by atoms with Crippen molar-refractivity contribution in [2.45, 2.75) is 6.04 Å². The molecule has 110 valence electrons. The van der Waals surface area contributed by atoms with Crippen LogP contribution in [0, 0.1) is 17.2 Å². The molecule has 21 heavy (non-hydrogen) atoms. The molecule has 2 fully saturated rings. The summed E-state index contributed by atoms with van der Waals surface area (Å²) in [6.45, 7) is 3.73. The Labute approximate surface area is 124 Å². The molecule has 0 aromatic heterocycles. The van der Waals surface area contributed by atoms with Crippen LogP contribution in [-0.2, 0) is 4.74 Å². The van der Waals surface area contributed by atoms with Crippen LogP contribution in [0.25, 0.3) is 0 Å². The summed E-state index contributed by atoms with van der Waals surface area (Å²) in [7, 11) is 2.09. The van der Waals surface area contributed by atoms with Gasteiger partial charge in [0.15, 0.2) is 0 Å². The van der Waals surface area contributed by atoms with Gasteiger partial charge in [-0.15, -0.1) is 0 Å². The van der Waals surface area contributed by atoms with Crippen molar-refractivity contribution in [1.82, 2.24) is 9.80 Å². The van der Waals surface area contributed by atoms with E-state index in [0.29, 0.717) is 36.8 Å². The van der Waals surface area contributed by atoms with Crippen LogP contribution in [0.2, 0.25) is 0 Å². The van der Waals surface area contributed by atoms with E-state index >= 15 is 0 Å². The van der Waals surface area contributed by atoms with Gasteiger partial charge in [-0.05, 0) is 19.2 Å². The van der Waals surface area contributed by atoms with Gasteiger partial charge in [-0.25, -0.2) is 0 Å². The minimum absolute atomic E-state index is 0.0528. The van der Waals surface area contributed by atoms with Crippen LogP contribution in [0.5, 0.6) is 0 Å². The number of amides is 1. The van der Waals surface area contributed by atoms with Gasteiger partial charge in [0.05, 0.1) is 36.5 Å². The molecule has 0 saturated carbocycles. The number of carbonyl (C=O) groups excluding carboxylic acids is 1. The smallest absolute Gasteiger partial charge is 0.255 e. The highest BCUT2D eigenvalue weighted by atomic mass is 16.5. The van der Waals surface area contributed by atoms with Crippen molar-refractivity contribution in [2.24, 2.45) is 5.92 Å². The maximum absolute atomic E-state index is 12.9. The lowest BCUT2D eigenvalue weighted by Crippen LogP contribution is -2.46. The van der Waals surface area contributed by atoms with E-state index in [4.69, 9.17) is 4.74 Å². The first-order chi connectivity index (χ1) is 10.2. The lowest BCUT2D eigenvalue weighted by molar-refractivity contribution is 0.0483. The molecule has 2 saturated heterocycles. The molecule has 0 unspecified atom stereocenters. The SMILES string of the molecule is CN1C[C@@H]2COC[C@H](C1)N(C(=O)c1ccccc1C#N)C2. The minimum Gasteiger partial charge on any atom is -0.379 e. The largest absolute Gasteiger partial charge is 0.379 e. The summed E-state index contributed by atoms with van der Waals surface area (Å²) in [5, 5.41) is 9.20. The number of fused-ring (bicyclic) bond motifs is 3. The number of likely N-dealkylation sites (N-methyl/N-ethyl adjacent to an activating group) is 1. The Kier molecular flexibility index (Phi) is 3.91. The van der Waals surface area contributed by atoms with Crippen LogP contribution in [0.1, 0.15) is 15.9 Å². The molecule has 2 aliphatic rings. The highest BCUT2D eigenvalue weighted by Gasteiger charge is 2.35. The van der Waals surface area contributed by atoms with Crippen LogP contribution in [0.3, 0.4) is 0 Å². The number of benzene rings is 1. The van der Waals surface area contributed by atoms with Crippen LogP contribution in [0.4, 0.5) is 0 Å². The fourth-order valence-electron chi connectivity index (χ4n) is 3.25. The topological polar surface area (TPSA) is 56.6 Å². The van der Waals surface area contributed by atoms with Gasteiger partial charge in [0.25, 0.3) is 5.91 Å². The molecule has 0 N–H and O–H groups in total. The highest BCUT2D eigenvalue weighted by molar-refractivity contribution is 5.96. The standard InChI is InChI=1S/C16H19N3O2/c1-18-7-12-8-19(14(9-18)11-21-10-12)16(20)15-5-3-2-4-13(15)6-17/h2-5,12,14H,7-11H2,1H3/t12-,14-/m0/s1. The van der Waals surface area contributed by atoms with Crippen molar-refractivity contribution in [3.8, 4) is 6.07 Å². The molecule has 0 aliphatic carbocycles. The molecule has 5 heteroatoms. The summed E-state index contributed by atoms with van der Waals surface area (Å²) in [4.78, 5) is 17.0. The molecule has 2 bridgehead atoms. The molecule has 0 spiro atoms. The van der Waals surface area contributed by atoms with Gasteiger partial charge in [0.1, 0.15) is 0 Å². The molecule has 1 aromatic carbocycles. The first-order valence-corrected chi connectivity index (χ1v) is 7.25. The third kappa shape index (κ3) is 2.78. The van der Waals surface area contributed by atoms with E-state index in [9.17, 15) is 10.1 Å². The van der Waals surface area contributed by atoms with Crippen molar-refractivity contribution in [3.05, 3.63) is 35.4 Å². The number of hydrogen-bond acceptors (Lipinski definition) is 4. The van der Waals surface area contributed by atoms with Crippen molar-refractivity contribution < 1.29 is 9.53 Å². The minimum atomic E-state index is -0.0528. The number of hydrogen-bond donors (Lipinski definition) is 0. The van der Waals surface area contributed by atoms with Crippen LogP contribution < -0.4 is 0 Å². The zero-order valence-corrected chi connectivity index (χ0v) is 12.2. The van der Waals surface area contributed by atoms with Gasteiger partial charge < -0.3 is 14.5 Å². The molecule has 2 atom stereocenters.